The molecule has 0 aliphatic heterocycles. The number of carbonyl (C=O) groups excluding carboxylic acids is 1. The summed E-state index contributed by atoms with van der Waals surface area (Å²) in [6.45, 7) is 5.04. The highest BCUT2D eigenvalue weighted by molar-refractivity contribution is 6.04. The number of Topliss-reactive ketones (excluding diaryl/α,β-unsaturated/α-hetero) is 1. The standard InChI is InChI=1S/C11H14O4/c1-11(2,3)10(15)9-7(13)4-6(12)5-8(9)14/h4-5,12-14H,1-3H3. The lowest BCUT2D eigenvalue weighted by atomic mass is 9.86. The van der Waals surface area contributed by atoms with Crippen molar-refractivity contribution < 1.29 is 20.1 Å². The molecule has 0 atom stereocenters. The van der Waals surface area contributed by atoms with E-state index >= 15 is 0 Å². The maximum Gasteiger partial charge on any atom is 0.175 e. The Morgan fingerprint density at radius 2 is 1.47 bits per heavy atom. The SMILES string of the molecule is CC(C)(C)C(=O)c1c(O)cc(O)cc1O. The van der Waals surface area contributed by atoms with E-state index in [0.29, 0.717) is 0 Å². The average molecular weight is 210 g/mol. The van der Waals surface area contributed by atoms with E-state index in [1.165, 1.54) is 0 Å². The van der Waals surface area contributed by atoms with Gasteiger partial charge < -0.3 is 15.3 Å². The molecule has 0 heterocycles. The summed E-state index contributed by atoms with van der Waals surface area (Å²) in [5.41, 5.74) is -0.855. The summed E-state index contributed by atoms with van der Waals surface area (Å²) in [6, 6.07) is 2.05. The molecule has 0 fully saturated rings. The first kappa shape index (κ1) is 11.4. The van der Waals surface area contributed by atoms with Crippen LogP contribution in [0.25, 0.3) is 0 Å². The Kier molecular flexibility index (Phi) is 2.62. The summed E-state index contributed by atoms with van der Waals surface area (Å²) in [4.78, 5) is 11.8. The Balaban J connectivity index is 3.33. The zero-order chi connectivity index (χ0) is 11.8. The fraction of sp³-hybridized carbons (Fsp3) is 0.364. The van der Waals surface area contributed by atoms with E-state index in [4.69, 9.17) is 5.11 Å². The molecule has 3 N–H and O–H groups in total. The van der Waals surface area contributed by atoms with Gasteiger partial charge in [-0.05, 0) is 0 Å². The van der Waals surface area contributed by atoms with Crippen molar-refractivity contribution >= 4 is 5.78 Å². The predicted octanol–water partition coefficient (Wildman–Crippen LogP) is 2.03. The third-order valence-electron chi connectivity index (χ3n) is 1.99. The van der Waals surface area contributed by atoms with Crippen LogP contribution in [0.4, 0.5) is 0 Å². The Bertz CT molecular complexity index is 379. The first-order chi connectivity index (χ1) is 6.73. The minimum Gasteiger partial charge on any atom is -0.508 e. The van der Waals surface area contributed by atoms with Crippen molar-refractivity contribution in [2.75, 3.05) is 0 Å². The fourth-order valence-corrected chi connectivity index (χ4v) is 1.21. The van der Waals surface area contributed by atoms with Crippen LogP contribution in [-0.4, -0.2) is 21.1 Å². The van der Waals surface area contributed by atoms with Crippen molar-refractivity contribution in [2.45, 2.75) is 20.8 Å². The van der Waals surface area contributed by atoms with E-state index in [2.05, 4.69) is 0 Å². The Morgan fingerprint density at radius 1 is 1.07 bits per heavy atom. The number of ketones is 1. The van der Waals surface area contributed by atoms with Gasteiger partial charge in [-0.25, -0.2) is 0 Å². The molecule has 0 bridgehead atoms. The number of carbonyl (C=O) groups is 1. The molecule has 15 heavy (non-hydrogen) atoms. The molecule has 0 aromatic heterocycles. The van der Waals surface area contributed by atoms with Gasteiger partial charge in [0, 0.05) is 17.5 Å². The van der Waals surface area contributed by atoms with E-state index in [9.17, 15) is 15.0 Å². The van der Waals surface area contributed by atoms with Gasteiger partial charge in [0.2, 0.25) is 0 Å². The van der Waals surface area contributed by atoms with E-state index in [-0.39, 0.29) is 17.1 Å². The topological polar surface area (TPSA) is 77.8 Å². The Hall–Kier alpha value is -1.71. The van der Waals surface area contributed by atoms with Gasteiger partial charge in [0.15, 0.2) is 5.78 Å². The van der Waals surface area contributed by atoms with Crippen LogP contribution in [0, 0.1) is 5.41 Å². The maximum absolute atomic E-state index is 11.8. The lowest BCUT2D eigenvalue weighted by Gasteiger charge is -2.18. The van der Waals surface area contributed by atoms with Gasteiger partial charge in [-0.2, -0.15) is 0 Å². The molecule has 1 aromatic carbocycles. The molecule has 1 rings (SSSR count). The summed E-state index contributed by atoms with van der Waals surface area (Å²) >= 11 is 0. The minimum atomic E-state index is -0.702. The van der Waals surface area contributed by atoms with Crippen molar-refractivity contribution in [1.82, 2.24) is 0 Å². The van der Waals surface area contributed by atoms with Crippen LogP contribution < -0.4 is 0 Å². The van der Waals surface area contributed by atoms with Gasteiger partial charge in [0.1, 0.15) is 22.8 Å². The minimum absolute atomic E-state index is 0.152. The highest BCUT2D eigenvalue weighted by atomic mass is 16.3. The monoisotopic (exact) mass is 210 g/mol. The van der Waals surface area contributed by atoms with E-state index in [0.717, 1.165) is 12.1 Å². The molecule has 0 spiro atoms. The van der Waals surface area contributed by atoms with Crippen LogP contribution in [0.3, 0.4) is 0 Å². The first-order valence-electron chi connectivity index (χ1n) is 4.53. The molecule has 0 amide bonds. The van der Waals surface area contributed by atoms with Gasteiger partial charge in [-0.3, -0.25) is 4.79 Å². The number of benzene rings is 1. The molecule has 1 aromatic rings. The maximum atomic E-state index is 11.8. The molecular formula is C11H14O4. The smallest absolute Gasteiger partial charge is 0.175 e. The molecule has 0 saturated carbocycles. The summed E-state index contributed by atoms with van der Waals surface area (Å²) in [6.07, 6.45) is 0. The van der Waals surface area contributed by atoms with Crippen LogP contribution in [0.1, 0.15) is 31.1 Å². The van der Waals surface area contributed by atoms with Crippen molar-refractivity contribution in [1.29, 1.82) is 0 Å². The van der Waals surface area contributed by atoms with E-state index < -0.39 is 16.9 Å². The van der Waals surface area contributed by atoms with Gasteiger partial charge in [-0.1, -0.05) is 20.8 Å². The molecule has 0 unspecified atom stereocenters. The Morgan fingerprint density at radius 3 is 1.80 bits per heavy atom. The molecule has 4 nitrogen and oxygen atoms in total. The van der Waals surface area contributed by atoms with Crippen molar-refractivity contribution in [3.8, 4) is 17.2 Å². The zero-order valence-electron chi connectivity index (χ0n) is 8.90. The average Bonchev–Trinajstić information content (AvgIpc) is 1.99. The van der Waals surface area contributed by atoms with Crippen LogP contribution in [0.5, 0.6) is 17.2 Å². The van der Waals surface area contributed by atoms with Gasteiger partial charge >= 0.3 is 0 Å². The molecule has 0 radical (unpaired) electrons. The van der Waals surface area contributed by atoms with Crippen LogP contribution in [-0.2, 0) is 0 Å². The highest BCUT2D eigenvalue weighted by Gasteiger charge is 2.28. The number of hydrogen-bond donors (Lipinski definition) is 3. The third kappa shape index (κ3) is 2.21. The normalized spacial score (nSPS) is 11.4. The number of aromatic hydroxyl groups is 3. The number of phenolic OH excluding ortho intramolecular Hbond substituents is 3. The fourth-order valence-electron chi connectivity index (χ4n) is 1.21. The molecular weight excluding hydrogens is 196 g/mol. The van der Waals surface area contributed by atoms with Crippen LogP contribution >= 0.6 is 0 Å². The highest BCUT2D eigenvalue weighted by Crippen LogP contribution is 2.36. The van der Waals surface area contributed by atoms with E-state index in [1.54, 1.807) is 20.8 Å². The second kappa shape index (κ2) is 3.46. The predicted molar refractivity (Wildman–Crippen MR) is 55.2 cm³/mol. The largest absolute Gasteiger partial charge is 0.508 e. The van der Waals surface area contributed by atoms with E-state index in [1.807, 2.05) is 0 Å². The molecule has 82 valence electrons. The molecule has 4 heteroatoms. The van der Waals surface area contributed by atoms with Crippen LogP contribution in [0.15, 0.2) is 12.1 Å². The number of hydrogen-bond acceptors (Lipinski definition) is 4. The quantitative estimate of drug-likeness (QED) is 0.620. The molecule has 0 saturated heterocycles. The summed E-state index contributed by atoms with van der Waals surface area (Å²) in [7, 11) is 0. The number of phenols is 3. The van der Waals surface area contributed by atoms with Crippen LogP contribution in [0.2, 0.25) is 0 Å². The van der Waals surface area contributed by atoms with Crippen molar-refractivity contribution in [2.24, 2.45) is 5.41 Å². The third-order valence-corrected chi connectivity index (χ3v) is 1.99. The van der Waals surface area contributed by atoms with Gasteiger partial charge in [0.25, 0.3) is 0 Å². The molecule has 0 aliphatic rings. The summed E-state index contributed by atoms with van der Waals surface area (Å²) in [5, 5.41) is 28.0. The Labute approximate surface area is 87.8 Å². The second-order valence-electron chi connectivity index (χ2n) is 4.44. The summed E-state index contributed by atoms with van der Waals surface area (Å²) in [5.74, 6) is -1.48. The first-order valence-corrected chi connectivity index (χ1v) is 4.53. The summed E-state index contributed by atoms with van der Waals surface area (Å²) < 4.78 is 0. The van der Waals surface area contributed by atoms with Gasteiger partial charge in [0.05, 0.1) is 0 Å². The lowest BCUT2D eigenvalue weighted by molar-refractivity contribution is 0.0852. The van der Waals surface area contributed by atoms with Gasteiger partial charge in [-0.15, -0.1) is 0 Å². The molecule has 0 aliphatic carbocycles. The van der Waals surface area contributed by atoms with Crippen molar-refractivity contribution in [3.05, 3.63) is 17.7 Å². The van der Waals surface area contributed by atoms with Crippen molar-refractivity contribution in [3.63, 3.8) is 0 Å². The zero-order valence-corrected chi connectivity index (χ0v) is 8.90. The number of rotatable bonds is 1. The lowest BCUT2D eigenvalue weighted by Crippen LogP contribution is -2.20. The second-order valence-corrected chi connectivity index (χ2v) is 4.44.